The van der Waals surface area contributed by atoms with Crippen LogP contribution in [0.2, 0.25) is 0 Å². The van der Waals surface area contributed by atoms with E-state index in [9.17, 15) is 0 Å². The molecule has 1 saturated heterocycles. The van der Waals surface area contributed by atoms with Crippen molar-refractivity contribution in [3.05, 3.63) is 21.9 Å². The largest absolute Gasteiger partial charge is 0.316 e. The van der Waals surface area contributed by atoms with Crippen molar-refractivity contribution in [1.29, 1.82) is 0 Å². The molecule has 1 aromatic rings. The number of hydrogen-bond donors (Lipinski definition) is 2. The van der Waals surface area contributed by atoms with Crippen molar-refractivity contribution in [3.8, 4) is 0 Å². The minimum absolute atomic E-state index is 0.462. The molecule has 96 valence electrons. The zero-order valence-electron chi connectivity index (χ0n) is 11.2. The molecule has 1 aromatic heterocycles. The summed E-state index contributed by atoms with van der Waals surface area (Å²) in [4.78, 5) is 0. The Labute approximate surface area is 109 Å². The Hall–Kier alpha value is -0.380. The number of thiophene rings is 1. The molecule has 1 unspecified atom stereocenters. The van der Waals surface area contributed by atoms with Crippen molar-refractivity contribution in [2.75, 3.05) is 19.6 Å². The van der Waals surface area contributed by atoms with Crippen LogP contribution in [0.4, 0.5) is 0 Å². The normalized spacial score (nSPS) is 24.7. The van der Waals surface area contributed by atoms with Gasteiger partial charge in [-0.15, -0.1) is 0 Å². The standard InChI is InChI=1S/C14H24N2S/c1-11(2)14(4-5-15-9-14)10-16-6-13-8-17-7-12(13)3/h7-8,11,15-16H,4-6,9-10H2,1-3H3. The van der Waals surface area contributed by atoms with Crippen molar-refractivity contribution in [3.63, 3.8) is 0 Å². The molecule has 2 nitrogen and oxygen atoms in total. The monoisotopic (exact) mass is 252 g/mol. The Bertz CT molecular complexity index is 351. The van der Waals surface area contributed by atoms with E-state index in [1.54, 1.807) is 11.3 Å². The van der Waals surface area contributed by atoms with Gasteiger partial charge in [0.15, 0.2) is 0 Å². The highest BCUT2D eigenvalue weighted by atomic mass is 32.1. The fourth-order valence-corrected chi connectivity index (χ4v) is 3.48. The highest BCUT2D eigenvalue weighted by molar-refractivity contribution is 7.08. The van der Waals surface area contributed by atoms with E-state index in [0.29, 0.717) is 5.41 Å². The van der Waals surface area contributed by atoms with Crippen LogP contribution >= 0.6 is 11.3 Å². The SMILES string of the molecule is Cc1cscc1CNCC1(C(C)C)CCNC1. The van der Waals surface area contributed by atoms with Gasteiger partial charge in [0.05, 0.1) is 0 Å². The first-order valence-electron chi connectivity index (χ1n) is 6.57. The molecule has 3 heteroatoms. The summed E-state index contributed by atoms with van der Waals surface area (Å²) < 4.78 is 0. The Morgan fingerprint density at radius 1 is 1.47 bits per heavy atom. The highest BCUT2D eigenvalue weighted by Gasteiger charge is 2.36. The van der Waals surface area contributed by atoms with Gasteiger partial charge in [-0.3, -0.25) is 0 Å². The summed E-state index contributed by atoms with van der Waals surface area (Å²) in [5.74, 6) is 0.744. The van der Waals surface area contributed by atoms with E-state index in [-0.39, 0.29) is 0 Å². The molecule has 0 amide bonds. The number of aryl methyl sites for hydroxylation is 1. The second-order valence-electron chi connectivity index (χ2n) is 5.63. The first-order valence-corrected chi connectivity index (χ1v) is 7.51. The molecule has 2 N–H and O–H groups in total. The van der Waals surface area contributed by atoms with Crippen LogP contribution in [-0.4, -0.2) is 19.6 Å². The first-order chi connectivity index (χ1) is 8.14. The lowest BCUT2D eigenvalue weighted by Gasteiger charge is -2.33. The third kappa shape index (κ3) is 2.90. The van der Waals surface area contributed by atoms with Crippen molar-refractivity contribution < 1.29 is 0 Å². The van der Waals surface area contributed by atoms with Gasteiger partial charge in [0.1, 0.15) is 0 Å². The molecular formula is C14H24N2S. The van der Waals surface area contributed by atoms with Crippen molar-refractivity contribution in [1.82, 2.24) is 10.6 Å². The van der Waals surface area contributed by atoms with Crippen LogP contribution in [0, 0.1) is 18.3 Å². The van der Waals surface area contributed by atoms with Crippen molar-refractivity contribution in [2.45, 2.75) is 33.7 Å². The quantitative estimate of drug-likeness (QED) is 0.842. The smallest absolute Gasteiger partial charge is 0.0216 e. The van der Waals surface area contributed by atoms with Crippen LogP contribution in [-0.2, 0) is 6.54 Å². The van der Waals surface area contributed by atoms with Crippen LogP contribution in [0.1, 0.15) is 31.4 Å². The summed E-state index contributed by atoms with van der Waals surface area (Å²) in [6, 6.07) is 0. The molecule has 17 heavy (non-hydrogen) atoms. The topological polar surface area (TPSA) is 24.1 Å². The fraction of sp³-hybridized carbons (Fsp3) is 0.714. The summed E-state index contributed by atoms with van der Waals surface area (Å²) >= 11 is 1.80. The Kier molecular flexibility index (Phi) is 4.23. The summed E-state index contributed by atoms with van der Waals surface area (Å²) in [6.45, 7) is 11.4. The molecule has 1 aliphatic rings. The van der Waals surface area contributed by atoms with Gasteiger partial charge in [-0.25, -0.2) is 0 Å². The van der Waals surface area contributed by atoms with E-state index in [0.717, 1.165) is 19.0 Å². The molecule has 0 radical (unpaired) electrons. The van der Waals surface area contributed by atoms with E-state index in [1.165, 1.54) is 30.6 Å². The maximum atomic E-state index is 3.66. The van der Waals surface area contributed by atoms with Crippen LogP contribution in [0.5, 0.6) is 0 Å². The lowest BCUT2D eigenvalue weighted by Crippen LogP contribution is -2.40. The van der Waals surface area contributed by atoms with Crippen LogP contribution < -0.4 is 10.6 Å². The van der Waals surface area contributed by atoms with Gasteiger partial charge >= 0.3 is 0 Å². The molecule has 0 aromatic carbocycles. The maximum absolute atomic E-state index is 3.66. The van der Waals surface area contributed by atoms with Gasteiger partial charge in [-0.05, 0) is 53.1 Å². The van der Waals surface area contributed by atoms with E-state index in [1.807, 2.05) is 0 Å². The molecule has 0 saturated carbocycles. The minimum Gasteiger partial charge on any atom is -0.316 e. The van der Waals surface area contributed by atoms with Gasteiger partial charge in [0.2, 0.25) is 0 Å². The van der Waals surface area contributed by atoms with E-state index < -0.39 is 0 Å². The van der Waals surface area contributed by atoms with Gasteiger partial charge in [0, 0.05) is 19.6 Å². The van der Waals surface area contributed by atoms with E-state index in [2.05, 4.69) is 42.2 Å². The van der Waals surface area contributed by atoms with Crippen LogP contribution in [0.3, 0.4) is 0 Å². The fourth-order valence-electron chi connectivity index (χ4n) is 2.62. The second-order valence-corrected chi connectivity index (χ2v) is 6.37. The third-order valence-corrected chi connectivity index (χ3v) is 5.17. The number of rotatable bonds is 5. The van der Waals surface area contributed by atoms with Gasteiger partial charge in [-0.2, -0.15) is 11.3 Å². The lowest BCUT2D eigenvalue weighted by atomic mass is 9.76. The minimum atomic E-state index is 0.462. The number of hydrogen-bond acceptors (Lipinski definition) is 3. The zero-order chi connectivity index (χ0) is 12.3. The molecule has 0 aliphatic carbocycles. The summed E-state index contributed by atoms with van der Waals surface area (Å²) in [5.41, 5.74) is 3.34. The molecule has 1 atom stereocenters. The van der Waals surface area contributed by atoms with Gasteiger partial charge in [-0.1, -0.05) is 13.8 Å². The van der Waals surface area contributed by atoms with E-state index in [4.69, 9.17) is 0 Å². The molecule has 0 bridgehead atoms. The predicted octanol–water partition coefficient (Wildman–Crippen LogP) is 2.78. The summed E-state index contributed by atoms with van der Waals surface area (Å²) in [6.07, 6.45) is 1.31. The predicted molar refractivity (Wildman–Crippen MR) is 75.5 cm³/mol. The molecule has 2 rings (SSSR count). The summed E-state index contributed by atoms with van der Waals surface area (Å²) in [5, 5.41) is 11.7. The Balaban J connectivity index is 1.86. The zero-order valence-corrected chi connectivity index (χ0v) is 12.0. The molecule has 1 aliphatic heterocycles. The van der Waals surface area contributed by atoms with Crippen molar-refractivity contribution >= 4 is 11.3 Å². The van der Waals surface area contributed by atoms with Crippen molar-refractivity contribution in [2.24, 2.45) is 11.3 Å². The highest BCUT2D eigenvalue weighted by Crippen LogP contribution is 2.33. The molecule has 0 spiro atoms. The average molecular weight is 252 g/mol. The maximum Gasteiger partial charge on any atom is 0.0216 e. The Morgan fingerprint density at radius 2 is 2.29 bits per heavy atom. The molecule has 1 fully saturated rings. The number of nitrogens with one attached hydrogen (secondary N) is 2. The summed E-state index contributed by atoms with van der Waals surface area (Å²) in [7, 11) is 0. The van der Waals surface area contributed by atoms with Gasteiger partial charge < -0.3 is 10.6 Å². The van der Waals surface area contributed by atoms with Gasteiger partial charge in [0.25, 0.3) is 0 Å². The van der Waals surface area contributed by atoms with Crippen LogP contribution in [0.15, 0.2) is 10.8 Å². The third-order valence-electron chi connectivity index (χ3n) is 4.26. The molecular weight excluding hydrogens is 228 g/mol. The van der Waals surface area contributed by atoms with Crippen LogP contribution in [0.25, 0.3) is 0 Å². The van der Waals surface area contributed by atoms with E-state index >= 15 is 0 Å². The first kappa shape index (κ1) is 13.1. The molecule has 2 heterocycles. The second kappa shape index (κ2) is 5.51. The Morgan fingerprint density at radius 3 is 2.82 bits per heavy atom. The lowest BCUT2D eigenvalue weighted by molar-refractivity contribution is 0.208. The average Bonchev–Trinajstić information content (AvgIpc) is 2.90.